The lowest BCUT2D eigenvalue weighted by Crippen LogP contribution is -2.15. The van der Waals surface area contributed by atoms with Gasteiger partial charge in [-0.25, -0.2) is 4.98 Å². The van der Waals surface area contributed by atoms with Gasteiger partial charge in [0, 0.05) is 10.9 Å². The lowest BCUT2D eigenvalue weighted by Gasteiger charge is -2.19. The maximum Gasteiger partial charge on any atom is 0.162 e. The van der Waals surface area contributed by atoms with E-state index < -0.39 is 0 Å². The predicted octanol–water partition coefficient (Wildman–Crippen LogP) is 3.45. The van der Waals surface area contributed by atoms with E-state index in [0.717, 1.165) is 29.2 Å². The van der Waals surface area contributed by atoms with Crippen LogP contribution in [0.1, 0.15) is 17.5 Å². The summed E-state index contributed by atoms with van der Waals surface area (Å²) in [6, 6.07) is 4.08. The molecule has 1 aliphatic rings. The van der Waals surface area contributed by atoms with Crippen LogP contribution in [-0.2, 0) is 6.42 Å². The van der Waals surface area contributed by atoms with Gasteiger partial charge in [0.15, 0.2) is 11.5 Å². The van der Waals surface area contributed by atoms with Crippen LogP contribution >= 0.6 is 11.3 Å². The number of benzene rings is 1. The van der Waals surface area contributed by atoms with Crippen molar-refractivity contribution in [3.63, 3.8) is 0 Å². The van der Waals surface area contributed by atoms with Crippen molar-refractivity contribution in [2.75, 3.05) is 13.2 Å². The van der Waals surface area contributed by atoms with Gasteiger partial charge in [-0.15, -0.1) is 11.3 Å². The van der Waals surface area contributed by atoms with Crippen LogP contribution in [0, 0.1) is 6.92 Å². The molecule has 0 radical (unpaired) electrons. The van der Waals surface area contributed by atoms with Gasteiger partial charge in [-0.1, -0.05) is 6.92 Å². The highest BCUT2D eigenvalue weighted by Crippen LogP contribution is 2.37. The quantitative estimate of drug-likeness (QED) is 0.829. The maximum absolute atomic E-state index is 5.62. The molecular weight excluding hydrogens is 246 g/mol. The summed E-state index contributed by atoms with van der Waals surface area (Å²) >= 11 is 1.71. The molecule has 18 heavy (non-hydrogen) atoms. The maximum atomic E-state index is 5.62. The van der Waals surface area contributed by atoms with Crippen LogP contribution in [0.4, 0.5) is 0 Å². The second-order valence-electron chi connectivity index (χ2n) is 4.29. The van der Waals surface area contributed by atoms with Gasteiger partial charge in [0.25, 0.3) is 0 Å². The van der Waals surface area contributed by atoms with E-state index in [1.54, 1.807) is 11.3 Å². The fourth-order valence-electron chi connectivity index (χ4n) is 2.06. The Morgan fingerprint density at radius 3 is 2.61 bits per heavy atom. The molecule has 4 heteroatoms. The van der Waals surface area contributed by atoms with Crippen molar-refractivity contribution < 1.29 is 9.47 Å². The molecule has 0 saturated heterocycles. The van der Waals surface area contributed by atoms with Crippen molar-refractivity contribution in [2.45, 2.75) is 20.3 Å². The van der Waals surface area contributed by atoms with E-state index in [9.17, 15) is 0 Å². The van der Waals surface area contributed by atoms with Crippen LogP contribution in [0.25, 0.3) is 11.3 Å². The van der Waals surface area contributed by atoms with Gasteiger partial charge in [0.2, 0.25) is 0 Å². The van der Waals surface area contributed by atoms with Crippen molar-refractivity contribution in [3.8, 4) is 22.8 Å². The van der Waals surface area contributed by atoms with Crippen molar-refractivity contribution >= 4 is 11.3 Å². The average molecular weight is 261 g/mol. The van der Waals surface area contributed by atoms with Crippen LogP contribution in [0.3, 0.4) is 0 Å². The largest absolute Gasteiger partial charge is 0.486 e. The number of fused-ring (bicyclic) bond motifs is 1. The SMILES string of the molecule is CCc1nc(-c2cc3c(cc2C)OCCO3)cs1. The third kappa shape index (κ3) is 1.97. The smallest absolute Gasteiger partial charge is 0.162 e. The Bertz CT molecular complexity index is 577. The summed E-state index contributed by atoms with van der Waals surface area (Å²) in [7, 11) is 0. The molecule has 2 aromatic rings. The standard InChI is InChI=1S/C14H15NO2S/c1-3-14-15-11(8-18-14)10-7-13-12(6-9(10)2)16-4-5-17-13/h6-8H,3-5H2,1-2H3. The van der Waals surface area contributed by atoms with E-state index in [1.807, 2.05) is 12.1 Å². The number of hydrogen-bond donors (Lipinski definition) is 0. The lowest BCUT2D eigenvalue weighted by molar-refractivity contribution is 0.171. The molecule has 94 valence electrons. The summed E-state index contributed by atoms with van der Waals surface area (Å²) in [5.41, 5.74) is 3.34. The first-order chi connectivity index (χ1) is 8.78. The molecule has 0 saturated carbocycles. The highest BCUT2D eigenvalue weighted by atomic mass is 32.1. The lowest BCUT2D eigenvalue weighted by atomic mass is 10.1. The van der Waals surface area contributed by atoms with Gasteiger partial charge in [-0.2, -0.15) is 0 Å². The van der Waals surface area contributed by atoms with E-state index in [1.165, 1.54) is 10.6 Å². The molecule has 0 N–H and O–H groups in total. The molecule has 0 atom stereocenters. The Morgan fingerprint density at radius 1 is 1.22 bits per heavy atom. The first kappa shape index (κ1) is 11.5. The molecule has 0 amide bonds. The number of thiazole rings is 1. The third-order valence-corrected chi connectivity index (χ3v) is 4.01. The summed E-state index contributed by atoms with van der Waals surface area (Å²) < 4.78 is 11.2. The minimum absolute atomic E-state index is 0.618. The van der Waals surface area contributed by atoms with E-state index in [2.05, 4.69) is 24.2 Å². The second-order valence-corrected chi connectivity index (χ2v) is 5.23. The predicted molar refractivity (Wildman–Crippen MR) is 72.7 cm³/mol. The molecular formula is C14H15NO2S. The third-order valence-electron chi connectivity index (χ3n) is 3.02. The van der Waals surface area contributed by atoms with Crippen molar-refractivity contribution in [1.29, 1.82) is 0 Å². The number of aromatic nitrogens is 1. The molecule has 0 unspecified atom stereocenters. The normalized spacial score (nSPS) is 13.7. The molecule has 1 aromatic carbocycles. The molecule has 0 bridgehead atoms. The number of rotatable bonds is 2. The van der Waals surface area contributed by atoms with Crippen LogP contribution in [0.15, 0.2) is 17.5 Å². The average Bonchev–Trinajstić information content (AvgIpc) is 2.86. The molecule has 0 aliphatic carbocycles. The summed E-state index contributed by atoms with van der Waals surface area (Å²) in [4.78, 5) is 4.63. The van der Waals surface area contributed by atoms with Crippen LogP contribution in [0.2, 0.25) is 0 Å². The molecule has 1 aliphatic heterocycles. The van der Waals surface area contributed by atoms with Gasteiger partial charge >= 0.3 is 0 Å². The Labute approximate surface area is 110 Å². The molecule has 0 spiro atoms. The molecule has 1 aromatic heterocycles. The highest BCUT2D eigenvalue weighted by molar-refractivity contribution is 7.09. The monoisotopic (exact) mass is 261 g/mol. The number of hydrogen-bond acceptors (Lipinski definition) is 4. The minimum atomic E-state index is 0.618. The van der Waals surface area contributed by atoms with Gasteiger partial charge in [0.1, 0.15) is 13.2 Å². The number of nitrogens with zero attached hydrogens (tertiary/aromatic N) is 1. The van der Waals surface area contributed by atoms with Gasteiger partial charge in [-0.3, -0.25) is 0 Å². The van der Waals surface area contributed by atoms with Gasteiger partial charge < -0.3 is 9.47 Å². The van der Waals surface area contributed by atoms with E-state index in [0.29, 0.717) is 13.2 Å². The zero-order valence-corrected chi connectivity index (χ0v) is 11.3. The van der Waals surface area contributed by atoms with E-state index in [-0.39, 0.29) is 0 Å². The van der Waals surface area contributed by atoms with E-state index >= 15 is 0 Å². The minimum Gasteiger partial charge on any atom is -0.486 e. The van der Waals surface area contributed by atoms with Gasteiger partial charge in [0.05, 0.1) is 10.7 Å². The molecule has 3 nitrogen and oxygen atoms in total. The zero-order valence-electron chi connectivity index (χ0n) is 10.5. The van der Waals surface area contributed by atoms with Crippen molar-refractivity contribution in [3.05, 3.63) is 28.1 Å². The fraction of sp³-hybridized carbons (Fsp3) is 0.357. The first-order valence-electron chi connectivity index (χ1n) is 6.13. The summed E-state index contributed by atoms with van der Waals surface area (Å²) in [6.07, 6.45) is 0.980. The van der Waals surface area contributed by atoms with Crippen LogP contribution in [0.5, 0.6) is 11.5 Å². The molecule has 0 fully saturated rings. The van der Waals surface area contributed by atoms with Crippen molar-refractivity contribution in [1.82, 2.24) is 4.98 Å². The number of ether oxygens (including phenoxy) is 2. The van der Waals surface area contributed by atoms with E-state index in [4.69, 9.17) is 9.47 Å². The molecule has 2 heterocycles. The zero-order chi connectivity index (χ0) is 12.5. The van der Waals surface area contributed by atoms with Crippen LogP contribution < -0.4 is 9.47 Å². The Morgan fingerprint density at radius 2 is 1.94 bits per heavy atom. The topological polar surface area (TPSA) is 31.4 Å². The van der Waals surface area contributed by atoms with Gasteiger partial charge in [-0.05, 0) is 31.0 Å². The Balaban J connectivity index is 2.06. The fourth-order valence-corrected chi connectivity index (χ4v) is 2.81. The second kappa shape index (κ2) is 4.61. The highest BCUT2D eigenvalue weighted by Gasteiger charge is 2.16. The van der Waals surface area contributed by atoms with Crippen molar-refractivity contribution in [2.24, 2.45) is 0 Å². The summed E-state index contributed by atoms with van der Waals surface area (Å²) in [6.45, 7) is 5.45. The summed E-state index contributed by atoms with van der Waals surface area (Å²) in [5, 5.41) is 3.27. The summed E-state index contributed by atoms with van der Waals surface area (Å²) in [5.74, 6) is 1.67. The van der Waals surface area contributed by atoms with Crippen LogP contribution in [-0.4, -0.2) is 18.2 Å². The molecule has 3 rings (SSSR count). The number of aryl methyl sites for hydroxylation is 2. The Hall–Kier alpha value is -1.55. The Kier molecular flexibility index (Phi) is 2.96. The first-order valence-corrected chi connectivity index (χ1v) is 7.01.